The monoisotopic (exact) mass is 435 g/mol. The molecule has 0 spiro atoms. The molecule has 0 aromatic heterocycles. The van der Waals surface area contributed by atoms with Gasteiger partial charge in [0.1, 0.15) is 0 Å². The molecule has 142 valence electrons. The zero-order chi connectivity index (χ0) is 17.7. The van der Waals surface area contributed by atoms with Crippen molar-refractivity contribution >= 4 is 10.1 Å². The van der Waals surface area contributed by atoms with E-state index >= 15 is 0 Å². The summed E-state index contributed by atoms with van der Waals surface area (Å²) < 4.78 is 7.59. The topological polar surface area (TPSA) is 12.4 Å². The summed E-state index contributed by atoms with van der Waals surface area (Å²) in [5.74, 6) is 1.02. The molecule has 2 aromatic rings. The van der Waals surface area contributed by atoms with Crippen LogP contribution in [0.5, 0.6) is 0 Å². The Morgan fingerprint density at radius 2 is 1.31 bits per heavy atom. The zero-order valence-corrected chi connectivity index (χ0v) is 19.7. The van der Waals surface area contributed by atoms with Crippen molar-refractivity contribution < 1.29 is 17.9 Å². The molecule has 2 heteroatoms. The summed E-state index contributed by atoms with van der Waals surface area (Å²) in [6, 6.07) is 17.4. The summed E-state index contributed by atoms with van der Waals surface area (Å²) in [5, 5.41) is 0. The van der Waals surface area contributed by atoms with Gasteiger partial charge in [0, 0.05) is 0 Å². The first-order valence-corrected chi connectivity index (χ1v) is 10.8. The Kier molecular flexibility index (Phi) is 10.3. The van der Waals surface area contributed by atoms with Gasteiger partial charge >= 0.3 is 156 Å². The second-order valence-corrected chi connectivity index (χ2v) is 9.04. The molecule has 0 bridgehead atoms. The van der Waals surface area contributed by atoms with Crippen LogP contribution in [0.4, 0.5) is 5.69 Å². The first kappa shape index (κ1) is 24.8. The van der Waals surface area contributed by atoms with E-state index in [4.69, 9.17) is 3.50 Å². The van der Waals surface area contributed by atoms with Gasteiger partial charge < -0.3 is 14.9 Å². The van der Waals surface area contributed by atoms with E-state index in [1.807, 2.05) is 0 Å². The number of hydrogen-bond acceptors (Lipinski definition) is 1. The first-order valence-electron chi connectivity index (χ1n) is 8.72. The van der Waals surface area contributed by atoms with Crippen molar-refractivity contribution in [1.82, 2.24) is 0 Å². The summed E-state index contributed by atoms with van der Waals surface area (Å²) in [6.07, 6.45) is 0. The minimum atomic E-state index is -0.553. The Morgan fingerprint density at radius 3 is 1.77 bits per heavy atom. The SMILES string of the molecule is CC(C)c1cccc(C(C)C)c1[N]=[Mo+2]=[CH]C(C)(C)c1ccccc1.[CH3-].[CH3-]. The molecular weight excluding hydrogens is 398 g/mol. The number of benzene rings is 2. The molecule has 0 fully saturated rings. The third-order valence-corrected chi connectivity index (χ3v) is 6.77. The van der Waals surface area contributed by atoms with Gasteiger partial charge in [-0.3, -0.25) is 0 Å². The van der Waals surface area contributed by atoms with Crippen LogP contribution >= 0.6 is 0 Å². The van der Waals surface area contributed by atoms with Gasteiger partial charge in [-0.05, 0) is 0 Å². The molecule has 0 saturated carbocycles. The fourth-order valence-electron chi connectivity index (χ4n) is 2.76. The van der Waals surface area contributed by atoms with Gasteiger partial charge in [0.15, 0.2) is 0 Å². The molecule has 1 nitrogen and oxygen atoms in total. The van der Waals surface area contributed by atoms with Crippen LogP contribution < -0.4 is 0 Å². The van der Waals surface area contributed by atoms with Gasteiger partial charge in [0.2, 0.25) is 0 Å². The van der Waals surface area contributed by atoms with E-state index in [2.05, 4.69) is 94.5 Å². The minimum absolute atomic E-state index is 0. The average molecular weight is 433 g/mol. The largest absolute Gasteiger partial charge is 0.358 e. The van der Waals surface area contributed by atoms with Crippen LogP contribution in [0.25, 0.3) is 0 Å². The van der Waals surface area contributed by atoms with E-state index in [0.29, 0.717) is 11.8 Å². The van der Waals surface area contributed by atoms with Crippen molar-refractivity contribution in [3.05, 3.63) is 80.1 Å². The van der Waals surface area contributed by atoms with Crippen LogP contribution in [-0.2, 0) is 23.3 Å². The van der Waals surface area contributed by atoms with E-state index in [1.165, 1.54) is 22.4 Å². The molecular formula is C24H35MoN. The third-order valence-electron chi connectivity index (χ3n) is 4.35. The molecule has 0 atom stereocenters. The van der Waals surface area contributed by atoms with Gasteiger partial charge in [-0.15, -0.1) is 0 Å². The van der Waals surface area contributed by atoms with Crippen LogP contribution in [0.3, 0.4) is 0 Å². The van der Waals surface area contributed by atoms with Crippen molar-refractivity contribution in [2.45, 2.75) is 58.8 Å². The number of nitrogens with zero attached hydrogens (tertiary/aromatic N) is 1. The first-order chi connectivity index (χ1) is 11.3. The van der Waals surface area contributed by atoms with Gasteiger partial charge in [0.05, 0.1) is 0 Å². The Hall–Kier alpha value is -1.20. The Bertz CT molecular complexity index is 710. The van der Waals surface area contributed by atoms with Crippen molar-refractivity contribution in [3.8, 4) is 0 Å². The molecule has 0 N–H and O–H groups in total. The van der Waals surface area contributed by atoms with E-state index in [1.54, 1.807) is 0 Å². The summed E-state index contributed by atoms with van der Waals surface area (Å²) in [7, 11) is 0. The molecule has 0 heterocycles. The predicted octanol–water partition coefficient (Wildman–Crippen LogP) is 7.51. The van der Waals surface area contributed by atoms with Gasteiger partial charge in [-0.2, -0.15) is 0 Å². The van der Waals surface area contributed by atoms with Gasteiger partial charge in [-0.1, -0.05) is 0 Å². The predicted molar refractivity (Wildman–Crippen MR) is 115 cm³/mol. The fraction of sp³-hybridized carbons (Fsp3) is 0.375. The smallest absolute Gasteiger partial charge is 0.358 e. The molecule has 26 heavy (non-hydrogen) atoms. The van der Waals surface area contributed by atoms with Crippen LogP contribution in [0.2, 0.25) is 0 Å². The molecule has 0 saturated heterocycles. The molecule has 0 amide bonds. The third kappa shape index (κ3) is 6.20. The molecule has 2 aromatic carbocycles. The second kappa shape index (κ2) is 10.8. The normalized spacial score (nSPS) is 10.6. The standard InChI is InChI=1S/C12H17N.C10H12.2CH3.Mo/c1-8(2)10-6-5-7-11(9(3)4)12(10)13;1-10(2,3)9-7-5-4-6-8-9;;;/h5-9H,1-4H3;1,4-8H,2-3H3;2*1H3;/q;;2*-1;+2. The molecule has 0 aliphatic rings. The number of rotatable bonds is 5. The number of hydrogen-bond donors (Lipinski definition) is 0. The Balaban J connectivity index is 0.00000312. The minimum Gasteiger partial charge on any atom is -0.358 e. The Labute approximate surface area is 170 Å². The van der Waals surface area contributed by atoms with Crippen LogP contribution in [0, 0.1) is 14.9 Å². The van der Waals surface area contributed by atoms with Crippen LogP contribution in [-0.4, -0.2) is 4.40 Å². The molecule has 0 unspecified atom stereocenters. The van der Waals surface area contributed by atoms with E-state index in [-0.39, 0.29) is 20.3 Å². The Morgan fingerprint density at radius 1 is 0.808 bits per heavy atom. The average Bonchev–Trinajstić information content (AvgIpc) is 2.55. The molecule has 0 aliphatic heterocycles. The quantitative estimate of drug-likeness (QED) is 0.342. The van der Waals surface area contributed by atoms with E-state index in [9.17, 15) is 0 Å². The summed E-state index contributed by atoms with van der Waals surface area (Å²) >= 11 is -0.553. The van der Waals surface area contributed by atoms with Crippen molar-refractivity contribution in [3.63, 3.8) is 0 Å². The second-order valence-electron chi connectivity index (χ2n) is 7.50. The fourth-order valence-corrected chi connectivity index (χ4v) is 4.65. The van der Waals surface area contributed by atoms with Crippen LogP contribution in [0.15, 0.2) is 52.0 Å². The van der Waals surface area contributed by atoms with Crippen molar-refractivity contribution in [2.24, 2.45) is 3.50 Å². The van der Waals surface area contributed by atoms with E-state index < -0.39 is 17.9 Å². The summed E-state index contributed by atoms with van der Waals surface area (Å²) in [4.78, 5) is 0. The van der Waals surface area contributed by atoms with Crippen molar-refractivity contribution in [1.29, 1.82) is 0 Å². The van der Waals surface area contributed by atoms with Gasteiger partial charge in [-0.25, -0.2) is 0 Å². The maximum absolute atomic E-state index is 5.13. The van der Waals surface area contributed by atoms with Crippen molar-refractivity contribution in [2.75, 3.05) is 0 Å². The zero-order valence-electron chi connectivity index (χ0n) is 17.7. The molecule has 2 rings (SSSR count). The summed E-state index contributed by atoms with van der Waals surface area (Å²) in [5.41, 5.74) is 5.48. The van der Waals surface area contributed by atoms with Gasteiger partial charge in [0.25, 0.3) is 0 Å². The molecule has 0 radical (unpaired) electrons. The maximum atomic E-state index is 5.13. The van der Waals surface area contributed by atoms with E-state index in [0.717, 1.165) is 0 Å². The molecule has 0 aliphatic carbocycles. The summed E-state index contributed by atoms with van der Waals surface area (Å²) in [6.45, 7) is 13.6. The van der Waals surface area contributed by atoms with Crippen LogP contribution in [0.1, 0.15) is 70.1 Å². The maximum Gasteiger partial charge on any atom is -0.358 e.